The molecule has 1 amide bonds. The molecule has 0 radical (unpaired) electrons. The largest absolute Gasteiger partial charge is 0.369 e. The van der Waals surface area contributed by atoms with E-state index in [-0.39, 0.29) is 5.78 Å². The zero-order chi connectivity index (χ0) is 10.3. The number of primary amides is 1. The van der Waals surface area contributed by atoms with Gasteiger partial charge in [0.15, 0.2) is 0 Å². The lowest BCUT2D eigenvalue weighted by Crippen LogP contribution is -2.28. The van der Waals surface area contributed by atoms with E-state index in [2.05, 4.69) is 6.92 Å². The fraction of sp³-hybridized carbons (Fsp3) is 0.800. The quantitative estimate of drug-likeness (QED) is 0.484. The first-order valence-electron chi connectivity index (χ1n) is 4.89. The van der Waals surface area contributed by atoms with Crippen molar-refractivity contribution in [2.45, 2.75) is 46.0 Å². The molecule has 0 heterocycles. The van der Waals surface area contributed by atoms with Crippen molar-refractivity contribution in [1.29, 1.82) is 0 Å². The molecule has 0 spiro atoms. The molecule has 3 nitrogen and oxygen atoms in total. The standard InChI is InChI=1S/C10H19NO2/c1-3-4-5-6-7-9(8(2)12)10(11)13/h9H,3-7H2,1-2H3,(H2,11,13). The summed E-state index contributed by atoms with van der Waals surface area (Å²) in [6, 6.07) is 0. The van der Waals surface area contributed by atoms with Gasteiger partial charge in [-0.2, -0.15) is 0 Å². The lowest BCUT2D eigenvalue weighted by atomic mass is 9.97. The Morgan fingerprint density at radius 2 is 1.85 bits per heavy atom. The van der Waals surface area contributed by atoms with Gasteiger partial charge in [-0.1, -0.05) is 32.6 Å². The first-order valence-corrected chi connectivity index (χ1v) is 4.89. The molecule has 0 aliphatic heterocycles. The SMILES string of the molecule is CCCCCCC(C(C)=O)C(N)=O. The first kappa shape index (κ1) is 12.1. The van der Waals surface area contributed by atoms with Crippen molar-refractivity contribution < 1.29 is 9.59 Å². The van der Waals surface area contributed by atoms with Crippen LogP contribution < -0.4 is 5.73 Å². The second-order valence-corrected chi connectivity index (χ2v) is 3.41. The zero-order valence-electron chi connectivity index (χ0n) is 8.51. The molecule has 0 bridgehead atoms. The van der Waals surface area contributed by atoms with Gasteiger partial charge in [0.2, 0.25) is 5.91 Å². The number of amides is 1. The van der Waals surface area contributed by atoms with Gasteiger partial charge in [0.25, 0.3) is 0 Å². The minimum absolute atomic E-state index is 0.107. The van der Waals surface area contributed by atoms with Crippen molar-refractivity contribution in [3.63, 3.8) is 0 Å². The van der Waals surface area contributed by atoms with Crippen molar-refractivity contribution in [2.24, 2.45) is 11.7 Å². The van der Waals surface area contributed by atoms with Crippen LogP contribution in [0.1, 0.15) is 46.0 Å². The normalized spacial score (nSPS) is 12.5. The molecule has 3 heteroatoms. The van der Waals surface area contributed by atoms with Crippen LogP contribution in [0.15, 0.2) is 0 Å². The predicted octanol–water partition coefficient (Wildman–Crippen LogP) is 1.65. The molecule has 0 aliphatic carbocycles. The Labute approximate surface area is 79.7 Å². The van der Waals surface area contributed by atoms with Crippen LogP contribution in [-0.4, -0.2) is 11.7 Å². The summed E-state index contributed by atoms with van der Waals surface area (Å²) < 4.78 is 0. The average molecular weight is 185 g/mol. The Kier molecular flexibility index (Phi) is 6.20. The van der Waals surface area contributed by atoms with Crippen LogP contribution in [0.25, 0.3) is 0 Å². The van der Waals surface area contributed by atoms with E-state index < -0.39 is 11.8 Å². The summed E-state index contributed by atoms with van der Waals surface area (Å²) in [5.74, 6) is -1.15. The maximum Gasteiger partial charge on any atom is 0.227 e. The van der Waals surface area contributed by atoms with E-state index in [0.29, 0.717) is 6.42 Å². The van der Waals surface area contributed by atoms with Crippen LogP contribution in [0.5, 0.6) is 0 Å². The van der Waals surface area contributed by atoms with Crippen LogP contribution in [-0.2, 0) is 9.59 Å². The Balaban J connectivity index is 3.71. The number of nitrogens with two attached hydrogens (primary N) is 1. The molecule has 0 saturated heterocycles. The zero-order valence-corrected chi connectivity index (χ0v) is 8.51. The number of rotatable bonds is 7. The molecule has 0 aromatic heterocycles. The Hall–Kier alpha value is -0.860. The van der Waals surface area contributed by atoms with E-state index in [1.807, 2.05) is 0 Å². The summed E-state index contributed by atoms with van der Waals surface area (Å²) in [5, 5.41) is 0. The summed E-state index contributed by atoms with van der Waals surface area (Å²) in [6.45, 7) is 3.55. The molecule has 0 aliphatic rings. The van der Waals surface area contributed by atoms with Gasteiger partial charge in [-0.3, -0.25) is 9.59 Å². The van der Waals surface area contributed by atoms with Crippen LogP contribution in [0.4, 0.5) is 0 Å². The van der Waals surface area contributed by atoms with Crippen molar-refractivity contribution in [3.8, 4) is 0 Å². The number of carbonyl (C=O) groups excluding carboxylic acids is 2. The Morgan fingerprint density at radius 3 is 2.23 bits per heavy atom. The highest BCUT2D eigenvalue weighted by Crippen LogP contribution is 2.11. The van der Waals surface area contributed by atoms with Gasteiger partial charge in [0.1, 0.15) is 5.78 Å². The third-order valence-electron chi connectivity index (χ3n) is 2.18. The van der Waals surface area contributed by atoms with Gasteiger partial charge in [-0.25, -0.2) is 0 Å². The van der Waals surface area contributed by atoms with Crippen molar-refractivity contribution >= 4 is 11.7 Å². The predicted molar refractivity (Wildman–Crippen MR) is 52.1 cm³/mol. The van der Waals surface area contributed by atoms with E-state index in [0.717, 1.165) is 25.7 Å². The third-order valence-corrected chi connectivity index (χ3v) is 2.18. The second kappa shape index (κ2) is 6.63. The van der Waals surface area contributed by atoms with Gasteiger partial charge >= 0.3 is 0 Å². The molecule has 0 fully saturated rings. The van der Waals surface area contributed by atoms with E-state index >= 15 is 0 Å². The number of hydrogen-bond donors (Lipinski definition) is 1. The highest BCUT2D eigenvalue weighted by atomic mass is 16.2. The summed E-state index contributed by atoms with van der Waals surface area (Å²) in [6.07, 6.45) is 4.92. The molecule has 13 heavy (non-hydrogen) atoms. The van der Waals surface area contributed by atoms with Gasteiger partial charge in [0, 0.05) is 0 Å². The number of carbonyl (C=O) groups is 2. The average Bonchev–Trinajstić information content (AvgIpc) is 2.02. The van der Waals surface area contributed by atoms with E-state index in [9.17, 15) is 9.59 Å². The summed E-state index contributed by atoms with van der Waals surface area (Å²) in [4.78, 5) is 21.8. The van der Waals surface area contributed by atoms with Crippen LogP contribution >= 0.6 is 0 Å². The van der Waals surface area contributed by atoms with Gasteiger partial charge in [-0.05, 0) is 13.3 Å². The van der Waals surface area contributed by atoms with E-state index in [1.54, 1.807) is 0 Å². The van der Waals surface area contributed by atoms with Gasteiger partial charge in [0.05, 0.1) is 5.92 Å². The Bertz CT molecular complexity index is 164. The lowest BCUT2D eigenvalue weighted by Gasteiger charge is -2.08. The van der Waals surface area contributed by atoms with E-state index in [4.69, 9.17) is 5.73 Å². The molecule has 1 atom stereocenters. The van der Waals surface area contributed by atoms with Crippen molar-refractivity contribution in [1.82, 2.24) is 0 Å². The van der Waals surface area contributed by atoms with Crippen molar-refractivity contribution in [3.05, 3.63) is 0 Å². The molecule has 1 unspecified atom stereocenters. The monoisotopic (exact) mass is 185 g/mol. The maximum absolute atomic E-state index is 10.9. The molecule has 0 rings (SSSR count). The molecular formula is C10H19NO2. The topological polar surface area (TPSA) is 60.2 Å². The minimum Gasteiger partial charge on any atom is -0.369 e. The summed E-state index contributed by atoms with van der Waals surface area (Å²) >= 11 is 0. The van der Waals surface area contributed by atoms with Crippen LogP contribution in [0.3, 0.4) is 0 Å². The van der Waals surface area contributed by atoms with Crippen LogP contribution in [0.2, 0.25) is 0 Å². The summed E-state index contributed by atoms with van der Waals surface area (Å²) in [5.41, 5.74) is 5.09. The molecule has 76 valence electrons. The van der Waals surface area contributed by atoms with Crippen LogP contribution in [0, 0.1) is 5.92 Å². The molecule has 0 aromatic carbocycles. The number of Topliss-reactive ketones (excluding diaryl/α,β-unsaturated/α-hetero) is 1. The van der Waals surface area contributed by atoms with Gasteiger partial charge < -0.3 is 5.73 Å². The highest BCUT2D eigenvalue weighted by Gasteiger charge is 2.19. The Morgan fingerprint density at radius 1 is 1.23 bits per heavy atom. The number of ketones is 1. The second-order valence-electron chi connectivity index (χ2n) is 3.41. The smallest absolute Gasteiger partial charge is 0.227 e. The van der Waals surface area contributed by atoms with Gasteiger partial charge in [-0.15, -0.1) is 0 Å². The minimum atomic E-state index is -0.558. The molecule has 2 N–H and O–H groups in total. The maximum atomic E-state index is 10.9. The molecule has 0 saturated carbocycles. The fourth-order valence-corrected chi connectivity index (χ4v) is 1.32. The molecule has 0 aromatic rings. The van der Waals surface area contributed by atoms with E-state index in [1.165, 1.54) is 6.92 Å². The number of hydrogen-bond acceptors (Lipinski definition) is 2. The highest BCUT2D eigenvalue weighted by molar-refractivity contribution is 5.99. The lowest BCUT2D eigenvalue weighted by molar-refractivity contribution is -0.131. The first-order chi connectivity index (χ1) is 6.09. The summed E-state index contributed by atoms with van der Waals surface area (Å²) in [7, 11) is 0. The number of unbranched alkanes of at least 4 members (excludes halogenated alkanes) is 3. The molecular weight excluding hydrogens is 166 g/mol. The fourth-order valence-electron chi connectivity index (χ4n) is 1.32. The third kappa shape index (κ3) is 5.39. The van der Waals surface area contributed by atoms with Crippen molar-refractivity contribution in [2.75, 3.05) is 0 Å².